The summed E-state index contributed by atoms with van der Waals surface area (Å²) in [6.45, 7) is 8.72. The number of carbonyl (C=O) groups is 1. The van der Waals surface area contributed by atoms with Gasteiger partial charge in [0.25, 0.3) is 0 Å². The molecule has 0 saturated heterocycles. The molecule has 0 aliphatic carbocycles. The molecule has 0 saturated carbocycles. The maximum absolute atomic E-state index is 13.7. The Balaban J connectivity index is 2.00. The largest absolute Gasteiger partial charge is 0.478 e. The Bertz CT molecular complexity index is 1200. The van der Waals surface area contributed by atoms with Crippen molar-refractivity contribution in [3.63, 3.8) is 0 Å². The van der Waals surface area contributed by atoms with E-state index in [1.807, 2.05) is 48.5 Å². The van der Waals surface area contributed by atoms with Crippen LogP contribution in [0.2, 0.25) is 5.02 Å². The first kappa shape index (κ1) is 25.9. The number of benzene rings is 3. The summed E-state index contributed by atoms with van der Waals surface area (Å²) in [5, 5.41) is 9.41. The van der Waals surface area contributed by atoms with Gasteiger partial charge in [-0.15, -0.1) is 0 Å². The molecular formula is C27H30ClNO4S. The Morgan fingerprint density at radius 1 is 0.824 bits per heavy atom. The summed E-state index contributed by atoms with van der Waals surface area (Å²) in [4.78, 5) is 11.4. The molecule has 0 amide bonds. The van der Waals surface area contributed by atoms with Gasteiger partial charge in [0, 0.05) is 13.1 Å². The highest BCUT2D eigenvalue weighted by Gasteiger charge is 2.27. The van der Waals surface area contributed by atoms with E-state index in [2.05, 4.69) is 27.7 Å². The summed E-state index contributed by atoms with van der Waals surface area (Å²) in [5.74, 6) is -0.532. The molecule has 0 spiro atoms. The van der Waals surface area contributed by atoms with Crippen LogP contribution in [0.1, 0.15) is 72.1 Å². The molecule has 7 heteroatoms. The maximum atomic E-state index is 13.7. The summed E-state index contributed by atoms with van der Waals surface area (Å²) >= 11 is 5.97. The molecule has 34 heavy (non-hydrogen) atoms. The fourth-order valence-corrected chi connectivity index (χ4v) is 5.27. The second-order valence-electron chi connectivity index (χ2n) is 9.01. The van der Waals surface area contributed by atoms with Crippen LogP contribution in [0.25, 0.3) is 0 Å². The first-order chi connectivity index (χ1) is 16.0. The number of sulfonamides is 1. The first-order valence-electron chi connectivity index (χ1n) is 11.2. The van der Waals surface area contributed by atoms with Gasteiger partial charge < -0.3 is 5.11 Å². The minimum absolute atomic E-state index is 0.00783. The quantitative estimate of drug-likeness (QED) is 0.356. The van der Waals surface area contributed by atoms with Gasteiger partial charge in [-0.2, -0.15) is 4.31 Å². The van der Waals surface area contributed by atoms with Crippen molar-refractivity contribution in [2.75, 3.05) is 0 Å². The average molecular weight is 500 g/mol. The van der Waals surface area contributed by atoms with E-state index in [-0.39, 0.29) is 28.6 Å². The number of hydrogen-bond donors (Lipinski definition) is 1. The van der Waals surface area contributed by atoms with E-state index in [0.29, 0.717) is 11.8 Å². The Labute approximate surface area is 207 Å². The molecule has 180 valence electrons. The summed E-state index contributed by atoms with van der Waals surface area (Å²) in [6.07, 6.45) is 0. The van der Waals surface area contributed by atoms with Gasteiger partial charge >= 0.3 is 5.97 Å². The van der Waals surface area contributed by atoms with Crippen LogP contribution >= 0.6 is 11.6 Å². The molecule has 0 fully saturated rings. The first-order valence-corrected chi connectivity index (χ1v) is 13.0. The Hall–Kier alpha value is -2.67. The van der Waals surface area contributed by atoms with E-state index in [0.717, 1.165) is 17.2 Å². The van der Waals surface area contributed by atoms with E-state index in [9.17, 15) is 18.3 Å². The Morgan fingerprint density at radius 3 is 1.65 bits per heavy atom. The predicted octanol–water partition coefficient (Wildman–Crippen LogP) is 6.68. The zero-order chi connectivity index (χ0) is 25.0. The third-order valence-electron chi connectivity index (χ3n) is 5.82. The van der Waals surface area contributed by atoms with Crippen molar-refractivity contribution in [3.05, 3.63) is 99.6 Å². The topological polar surface area (TPSA) is 74.7 Å². The summed E-state index contributed by atoms with van der Waals surface area (Å²) in [6, 6.07) is 19.5. The lowest BCUT2D eigenvalue weighted by atomic mass is 10.0. The lowest BCUT2D eigenvalue weighted by molar-refractivity contribution is 0.0697. The van der Waals surface area contributed by atoms with Gasteiger partial charge in [-0.1, -0.05) is 87.8 Å². The number of rotatable bonds is 9. The number of aromatic carboxylic acids is 1. The molecule has 0 bridgehead atoms. The zero-order valence-electron chi connectivity index (χ0n) is 19.8. The molecule has 1 N–H and O–H groups in total. The number of halogens is 1. The molecule has 0 aliphatic heterocycles. The van der Waals surface area contributed by atoms with Crippen molar-refractivity contribution in [1.29, 1.82) is 0 Å². The van der Waals surface area contributed by atoms with Crippen LogP contribution in [-0.2, 0) is 23.1 Å². The predicted molar refractivity (Wildman–Crippen MR) is 136 cm³/mol. The van der Waals surface area contributed by atoms with Gasteiger partial charge in [-0.05, 0) is 52.3 Å². The second-order valence-corrected chi connectivity index (χ2v) is 11.4. The van der Waals surface area contributed by atoms with E-state index in [1.165, 1.54) is 27.6 Å². The molecule has 0 heterocycles. The standard InChI is InChI=1S/C27H30ClNO4S/c1-18(2)22-9-5-20(6-10-22)16-29(17-21-7-11-23(12-8-21)19(3)4)34(32,33)24-13-14-26(28)25(15-24)27(30)31/h5-15,18-19H,16-17H2,1-4H3,(H,30,31). The molecule has 3 aromatic rings. The van der Waals surface area contributed by atoms with Gasteiger partial charge in [0.15, 0.2) is 0 Å². The van der Waals surface area contributed by atoms with E-state index < -0.39 is 16.0 Å². The van der Waals surface area contributed by atoms with Gasteiger partial charge in [0.05, 0.1) is 15.5 Å². The lowest BCUT2D eigenvalue weighted by Gasteiger charge is -2.23. The van der Waals surface area contributed by atoms with Crippen LogP contribution < -0.4 is 0 Å². The molecule has 3 aromatic carbocycles. The lowest BCUT2D eigenvalue weighted by Crippen LogP contribution is -2.30. The fraction of sp³-hybridized carbons (Fsp3) is 0.296. The molecule has 5 nitrogen and oxygen atoms in total. The number of hydrogen-bond acceptors (Lipinski definition) is 3. The van der Waals surface area contributed by atoms with Gasteiger partial charge in [0.2, 0.25) is 10.0 Å². The van der Waals surface area contributed by atoms with Gasteiger partial charge in [-0.3, -0.25) is 0 Å². The van der Waals surface area contributed by atoms with Crippen molar-refractivity contribution in [2.24, 2.45) is 0 Å². The number of carboxylic acids is 1. The molecule has 0 radical (unpaired) electrons. The SMILES string of the molecule is CC(C)c1ccc(CN(Cc2ccc(C(C)C)cc2)S(=O)(=O)c2ccc(Cl)c(C(=O)O)c2)cc1. The van der Waals surface area contributed by atoms with Crippen LogP contribution in [0.5, 0.6) is 0 Å². The van der Waals surface area contributed by atoms with E-state index in [4.69, 9.17) is 11.6 Å². The minimum atomic E-state index is -4.01. The Kier molecular flexibility index (Phi) is 8.18. The smallest absolute Gasteiger partial charge is 0.337 e. The van der Waals surface area contributed by atoms with Crippen molar-refractivity contribution < 1.29 is 18.3 Å². The molecule has 0 aromatic heterocycles. The fourth-order valence-electron chi connectivity index (χ4n) is 3.63. The summed E-state index contributed by atoms with van der Waals surface area (Å²) < 4.78 is 28.7. The Morgan fingerprint density at radius 2 is 1.26 bits per heavy atom. The summed E-state index contributed by atoms with van der Waals surface area (Å²) in [7, 11) is -4.01. The van der Waals surface area contributed by atoms with E-state index in [1.54, 1.807) is 0 Å². The third kappa shape index (κ3) is 6.06. The molecule has 3 rings (SSSR count). The highest BCUT2D eigenvalue weighted by atomic mass is 35.5. The zero-order valence-corrected chi connectivity index (χ0v) is 21.4. The second kappa shape index (κ2) is 10.7. The van der Waals surface area contributed by atoms with Crippen molar-refractivity contribution in [1.82, 2.24) is 4.31 Å². The van der Waals surface area contributed by atoms with Crippen molar-refractivity contribution >= 4 is 27.6 Å². The summed E-state index contributed by atoms with van der Waals surface area (Å²) in [5.41, 5.74) is 3.79. The highest BCUT2D eigenvalue weighted by molar-refractivity contribution is 7.89. The number of carboxylic acid groups (broad SMARTS) is 1. The molecule has 0 aliphatic rings. The van der Waals surface area contributed by atoms with Gasteiger partial charge in [0.1, 0.15) is 0 Å². The van der Waals surface area contributed by atoms with Crippen LogP contribution in [0, 0.1) is 0 Å². The van der Waals surface area contributed by atoms with Crippen molar-refractivity contribution in [3.8, 4) is 0 Å². The maximum Gasteiger partial charge on any atom is 0.337 e. The van der Waals surface area contributed by atoms with Gasteiger partial charge in [-0.25, -0.2) is 13.2 Å². The highest BCUT2D eigenvalue weighted by Crippen LogP contribution is 2.27. The monoisotopic (exact) mass is 499 g/mol. The average Bonchev–Trinajstić information content (AvgIpc) is 2.79. The molecule has 0 unspecified atom stereocenters. The molecular weight excluding hydrogens is 470 g/mol. The van der Waals surface area contributed by atoms with Crippen LogP contribution in [0.3, 0.4) is 0 Å². The minimum Gasteiger partial charge on any atom is -0.478 e. The number of nitrogens with zero attached hydrogens (tertiary/aromatic N) is 1. The van der Waals surface area contributed by atoms with Crippen LogP contribution in [0.4, 0.5) is 0 Å². The van der Waals surface area contributed by atoms with E-state index >= 15 is 0 Å². The van der Waals surface area contributed by atoms with Crippen molar-refractivity contribution in [2.45, 2.75) is 57.5 Å². The normalized spacial score (nSPS) is 12.0. The third-order valence-corrected chi connectivity index (χ3v) is 7.93. The molecule has 0 atom stereocenters. The van der Waals surface area contributed by atoms with Crippen LogP contribution in [0.15, 0.2) is 71.6 Å². The van der Waals surface area contributed by atoms with Crippen LogP contribution in [-0.4, -0.2) is 23.8 Å².